The number of hydrogen-bond acceptors (Lipinski definition) is 6. The normalized spacial score (nSPS) is 13.5. The van der Waals surface area contributed by atoms with Crippen molar-refractivity contribution in [3.05, 3.63) is 64.2 Å². The van der Waals surface area contributed by atoms with Crippen molar-refractivity contribution in [1.82, 2.24) is 9.97 Å². The number of aromatic nitrogens is 2. The highest BCUT2D eigenvalue weighted by Crippen LogP contribution is 2.26. The van der Waals surface area contributed by atoms with Crippen LogP contribution in [0.25, 0.3) is 0 Å². The minimum absolute atomic E-state index is 0.230. The number of hydrogen-bond donors (Lipinski definition) is 1. The number of amides is 1. The second kappa shape index (κ2) is 8.39. The molecule has 6 nitrogen and oxygen atoms in total. The summed E-state index contributed by atoms with van der Waals surface area (Å²) in [7, 11) is 0. The number of thiazole rings is 1. The topological polar surface area (TPSA) is 67.3 Å². The number of carbonyl (C=O) groups excluding carboxylic acids is 1. The van der Waals surface area contributed by atoms with Gasteiger partial charge in [0.15, 0.2) is 5.82 Å². The van der Waals surface area contributed by atoms with Crippen molar-refractivity contribution >= 4 is 28.7 Å². The Labute approximate surface area is 168 Å². The van der Waals surface area contributed by atoms with E-state index in [4.69, 9.17) is 4.74 Å². The number of anilines is 2. The summed E-state index contributed by atoms with van der Waals surface area (Å²) in [5.41, 5.74) is 2.30. The molecule has 1 N–H and O–H groups in total. The van der Waals surface area contributed by atoms with Crippen LogP contribution in [0, 0.1) is 6.92 Å². The monoisotopic (exact) mass is 394 g/mol. The molecule has 2 aromatic heterocycles. The molecule has 0 spiro atoms. The lowest BCUT2D eigenvalue weighted by Crippen LogP contribution is -2.22. The average molecular weight is 395 g/mol. The molecule has 1 aliphatic heterocycles. The number of carbonyl (C=O) groups is 1. The van der Waals surface area contributed by atoms with Crippen LogP contribution in [0.5, 0.6) is 5.75 Å². The first-order valence-electron chi connectivity index (χ1n) is 9.34. The largest absolute Gasteiger partial charge is 0.486 e. The van der Waals surface area contributed by atoms with Crippen molar-refractivity contribution in [2.45, 2.75) is 26.4 Å². The van der Waals surface area contributed by atoms with Gasteiger partial charge in [-0.3, -0.25) is 4.79 Å². The lowest BCUT2D eigenvalue weighted by Gasteiger charge is -2.19. The van der Waals surface area contributed by atoms with E-state index in [9.17, 15) is 4.79 Å². The molecule has 3 aromatic rings. The molecule has 1 aliphatic rings. The van der Waals surface area contributed by atoms with E-state index in [0.29, 0.717) is 12.3 Å². The second-order valence-corrected chi connectivity index (χ2v) is 7.69. The van der Waals surface area contributed by atoms with Crippen LogP contribution in [0.3, 0.4) is 0 Å². The minimum Gasteiger partial charge on any atom is -0.486 e. The number of pyridine rings is 1. The summed E-state index contributed by atoms with van der Waals surface area (Å²) in [6.45, 7) is 4.31. The third-order valence-corrected chi connectivity index (χ3v) is 5.43. The summed E-state index contributed by atoms with van der Waals surface area (Å²) in [4.78, 5) is 23.7. The fraction of sp³-hybridized carbons (Fsp3) is 0.286. The Bertz CT molecular complexity index is 949. The molecule has 1 aromatic carbocycles. The Hall–Kier alpha value is -2.93. The van der Waals surface area contributed by atoms with Crippen LogP contribution >= 0.6 is 11.3 Å². The van der Waals surface area contributed by atoms with Gasteiger partial charge in [0.2, 0.25) is 0 Å². The van der Waals surface area contributed by atoms with E-state index in [2.05, 4.69) is 20.2 Å². The minimum atomic E-state index is -0.230. The molecule has 7 heteroatoms. The summed E-state index contributed by atoms with van der Waals surface area (Å²) in [5.74, 6) is 1.38. The predicted molar refractivity (Wildman–Crippen MR) is 111 cm³/mol. The van der Waals surface area contributed by atoms with Crippen molar-refractivity contribution in [2.75, 3.05) is 23.3 Å². The molecule has 1 amide bonds. The van der Waals surface area contributed by atoms with Crippen molar-refractivity contribution in [2.24, 2.45) is 0 Å². The van der Waals surface area contributed by atoms with Crippen molar-refractivity contribution in [1.29, 1.82) is 0 Å². The number of aryl methyl sites for hydroxylation is 1. The van der Waals surface area contributed by atoms with Gasteiger partial charge in [-0.25, -0.2) is 9.97 Å². The lowest BCUT2D eigenvalue weighted by atomic mass is 10.2. The van der Waals surface area contributed by atoms with Gasteiger partial charge in [0, 0.05) is 24.7 Å². The molecule has 144 valence electrons. The number of rotatable bonds is 6. The second-order valence-electron chi connectivity index (χ2n) is 6.75. The van der Waals surface area contributed by atoms with Gasteiger partial charge in [0.25, 0.3) is 5.91 Å². The molecule has 0 radical (unpaired) electrons. The third kappa shape index (κ3) is 4.31. The number of nitrogens with zero attached hydrogens (tertiary/aromatic N) is 3. The van der Waals surface area contributed by atoms with Crippen LogP contribution in [0.15, 0.2) is 48.0 Å². The molecule has 0 saturated carbocycles. The highest BCUT2D eigenvalue weighted by atomic mass is 32.1. The maximum absolute atomic E-state index is 12.7. The Balaban J connectivity index is 1.40. The maximum Gasteiger partial charge on any atom is 0.275 e. The molecular weight excluding hydrogens is 372 g/mol. The standard InChI is InChI=1S/C21H22N4O2S/c1-15-6-8-16(9-7-15)27-13-19-23-18(14-28-19)21(26)24-17-5-4-10-22-20(17)25-11-2-3-12-25/h4-10,14H,2-3,11-13H2,1H3,(H,24,26). The van der Waals surface area contributed by atoms with Crippen molar-refractivity contribution in [3.63, 3.8) is 0 Å². The predicted octanol–water partition coefficient (Wildman–Crippen LogP) is 4.28. The zero-order valence-electron chi connectivity index (χ0n) is 15.7. The van der Waals surface area contributed by atoms with Gasteiger partial charge in [0.1, 0.15) is 23.1 Å². The fourth-order valence-corrected chi connectivity index (χ4v) is 3.81. The molecule has 4 rings (SSSR count). The first kappa shape index (κ1) is 18.4. The number of ether oxygens (including phenoxy) is 1. The van der Waals surface area contributed by atoms with Gasteiger partial charge in [-0.15, -0.1) is 11.3 Å². The summed E-state index contributed by atoms with van der Waals surface area (Å²) in [6.07, 6.45) is 4.06. The fourth-order valence-electron chi connectivity index (χ4n) is 3.12. The first-order valence-corrected chi connectivity index (χ1v) is 10.2. The summed E-state index contributed by atoms with van der Waals surface area (Å²) >= 11 is 1.42. The van der Waals surface area contributed by atoms with Crippen LogP contribution in [-0.4, -0.2) is 29.0 Å². The molecule has 1 fully saturated rings. The van der Waals surface area contributed by atoms with E-state index < -0.39 is 0 Å². The van der Waals surface area contributed by atoms with Gasteiger partial charge < -0.3 is 15.0 Å². The zero-order chi connectivity index (χ0) is 19.3. The summed E-state index contributed by atoms with van der Waals surface area (Å²) < 4.78 is 5.74. The quantitative estimate of drug-likeness (QED) is 0.676. The van der Waals surface area contributed by atoms with Gasteiger partial charge in [0.05, 0.1) is 5.69 Å². The number of benzene rings is 1. The molecular formula is C21H22N4O2S. The van der Waals surface area contributed by atoms with Crippen LogP contribution < -0.4 is 15.0 Å². The highest BCUT2D eigenvalue weighted by Gasteiger charge is 2.19. The van der Waals surface area contributed by atoms with Gasteiger partial charge in [-0.05, 0) is 44.0 Å². The lowest BCUT2D eigenvalue weighted by molar-refractivity contribution is 0.102. The molecule has 0 aliphatic carbocycles. The van der Waals surface area contributed by atoms with E-state index in [0.717, 1.165) is 48.2 Å². The average Bonchev–Trinajstić information content (AvgIpc) is 3.40. The molecule has 1 saturated heterocycles. The number of nitrogens with one attached hydrogen (secondary N) is 1. The SMILES string of the molecule is Cc1ccc(OCc2nc(C(=O)Nc3cccnc3N3CCCC3)cs2)cc1. The smallest absolute Gasteiger partial charge is 0.275 e. The van der Waals surface area contributed by atoms with Crippen LogP contribution in [0.4, 0.5) is 11.5 Å². The molecule has 0 bridgehead atoms. The highest BCUT2D eigenvalue weighted by molar-refractivity contribution is 7.09. The Kier molecular flexibility index (Phi) is 5.53. The van der Waals surface area contributed by atoms with Crippen LogP contribution in [-0.2, 0) is 6.61 Å². The zero-order valence-corrected chi connectivity index (χ0v) is 16.5. The van der Waals surface area contributed by atoms with E-state index in [-0.39, 0.29) is 5.91 Å². The summed E-state index contributed by atoms with van der Waals surface area (Å²) in [6, 6.07) is 11.6. The van der Waals surface area contributed by atoms with Gasteiger partial charge in [-0.1, -0.05) is 17.7 Å². The van der Waals surface area contributed by atoms with E-state index >= 15 is 0 Å². The van der Waals surface area contributed by atoms with Gasteiger partial charge >= 0.3 is 0 Å². The van der Waals surface area contributed by atoms with E-state index in [1.54, 1.807) is 11.6 Å². The van der Waals surface area contributed by atoms with E-state index in [1.807, 2.05) is 43.3 Å². The Morgan fingerprint density at radius 3 is 2.79 bits per heavy atom. The molecule has 0 unspecified atom stereocenters. The van der Waals surface area contributed by atoms with E-state index in [1.165, 1.54) is 16.9 Å². The molecule has 0 atom stereocenters. The van der Waals surface area contributed by atoms with Gasteiger partial charge in [-0.2, -0.15) is 0 Å². The summed E-state index contributed by atoms with van der Waals surface area (Å²) in [5, 5.41) is 5.48. The molecule has 3 heterocycles. The van der Waals surface area contributed by atoms with Crippen LogP contribution in [0.1, 0.15) is 33.9 Å². The first-order chi connectivity index (χ1) is 13.7. The van der Waals surface area contributed by atoms with Crippen molar-refractivity contribution < 1.29 is 9.53 Å². The van der Waals surface area contributed by atoms with Crippen LogP contribution in [0.2, 0.25) is 0 Å². The Morgan fingerprint density at radius 1 is 1.21 bits per heavy atom. The third-order valence-electron chi connectivity index (χ3n) is 4.61. The van der Waals surface area contributed by atoms with Crippen molar-refractivity contribution in [3.8, 4) is 5.75 Å². The maximum atomic E-state index is 12.7. The molecule has 28 heavy (non-hydrogen) atoms. The Morgan fingerprint density at radius 2 is 2.00 bits per heavy atom.